The summed E-state index contributed by atoms with van der Waals surface area (Å²) in [5, 5.41) is 9.06. The zero-order valence-electron chi connectivity index (χ0n) is 10.1. The van der Waals surface area contributed by atoms with E-state index in [1.54, 1.807) is 0 Å². The van der Waals surface area contributed by atoms with E-state index in [-0.39, 0.29) is 17.0 Å². The fourth-order valence-electron chi connectivity index (χ4n) is 1.58. The first-order valence-corrected chi connectivity index (χ1v) is 7.01. The molecule has 1 aromatic carbocycles. The van der Waals surface area contributed by atoms with Gasteiger partial charge in [0.25, 0.3) is 0 Å². The van der Waals surface area contributed by atoms with Gasteiger partial charge in [-0.05, 0) is 18.2 Å². The molecule has 1 aromatic rings. The van der Waals surface area contributed by atoms with Gasteiger partial charge in [0.2, 0.25) is 0 Å². The molecule has 0 heterocycles. The van der Waals surface area contributed by atoms with E-state index in [9.17, 15) is 13.2 Å². The monoisotopic (exact) mass is 273 g/mol. The summed E-state index contributed by atoms with van der Waals surface area (Å²) in [4.78, 5) is 11.1. The number of rotatable bonds is 5. The number of carboxylic acid groups (broad SMARTS) is 1. The Labute approximate surface area is 105 Å². The summed E-state index contributed by atoms with van der Waals surface area (Å²) in [6.07, 6.45) is 1.05. The van der Waals surface area contributed by atoms with Gasteiger partial charge in [0.15, 0.2) is 9.84 Å². The molecule has 0 aliphatic rings. The van der Waals surface area contributed by atoms with E-state index in [0.29, 0.717) is 5.75 Å². The topological polar surface area (TPSA) is 107 Å². The van der Waals surface area contributed by atoms with Crippen molar-refractivity contribution in [3.05, 3.63) is 23.8 Å². The molecule has 0 saturated carbocycles. The zero-order chi connectivity index (χ0) is 13.9. The van der Waals surface area contributed by atoms with Crippen LogP contribution in [0.15, 0.2) is 23.1 Å². The third-order valence-corrected chi connectivity index (χ3v) is 3.65. The van der Waals surface area contributed by atoms with Crippen LogP contribution < -0.4 is 10.5 Å². The average molecular weight is 273 g/mol. The first kappa shape index (κ1) is 14.5. The summed E-state index contributed by atoms with van der Waals surface area (Å²) < 4.78 is 27.9. The lowest BCUT2D eigenvalue weighted by molar-refractivity contribution is -0.138. The second kappa shape index (κ2) is 5.36. The van der Waals surface area contributed by atoms with Crippen molar-refractivity contribution in [1.82, 2.24) is 0 Å². The van der Waals surface area contributed by atoms with E-state index in [4.69, 9.17) is 15.6 Å². The minimum Gasteiger partial charge on any atom is -0.496 e. The summed E-state index contributed by atoms with van der Waals surface area (Å²) in [6, 6.07) is 4.09. The van der Waals surface area contributed by atoms with Crippen molar-refractivity contribution in [2.45, 2.75) is 10.8 Å². The van der Waals surface area contributed by atoms with Crippen molar-refractivity contribution in [2.24, 2.45) is 5.73 Å². The van der Waals surface area contributed by atoms with Crippen LogP contribution in [0.2, 0.25) is 0 Å². The maximum Gasteiger partial charge on any atom is 0.312 e. The molecule has 7 heteroatoms. The van der Waals surface area contributed by atoms with Gasteiger partial charge in [0, 0.05) is 18.4 Å². The summed E-state index contributed by atoms with van der Waals surface area (Å²) in [5.74, 6) is -1.82. The highest BCUT2D eigenvalue weighted by atomic mass is 32.2. The second-order valence-corrected chi connectivity index (χ2v) is 5.82. The fraction of sp³-hybridized carbons (Fsp3) is 0.364. The standard InChI is InChI=1S/C11H15NO5S/c1-17-10-4-3-7(18(2,15)16)5-8(10)9(6-12)11(13)14/h3-5,9H,6,12H2,1-2H3,(H,13,14). The Morgan fingerprint density at radius 3 is 2.50 bits per heavy atom. The first-order chi connectivity index (χ1) is 8.31. The third-order valence-electron chi connectivity index (χ3n) is 2.54. The summed E-state index contributed by atoms with van der Waals surface area (Å²) >= 11 is 0. The van der Waals surface area contributed by atoms with Gasteiger partial charge in [-0.1, -0.05) is 0 Å². The van der Waals surface area contributed by atoms with E-state index in [0.717, 1.165) is 6.26 Å². The maximum absolute atomic E-state index is 11.4. The van der Waals surface area contributed by atoms with Gasteiger partial charge in [-0.2, -0.15) is 0 Å². The van der Waals surface area contributed by atoms with E-state index in [2.05, 4.69) is 0 Å². The van der Waals surface area contributed by atoms with Gasteiger partial charge < -0.3 is 15.6 Å². The number of ether oxygens (including phenoxy) is 1. The van der Waals surface area contributed by atoms with Crippen LogP contribution in [-0.2, 0) is 14.6 Å². The lowest BCUT2D eigenvalue weighted by Gasteiger charge is -2.15. The number of carbonyl (C=O) groups is 1. The minimum atomic E-state index is -3.41. The molecule has 0 saturated heterocycles. The molecular formula is C11H15NO5S. The summed E-state index contributed by atoms with van der Waals surface area (Å²) in [6.45, 7) is -0.140. The Hall–Kier alpha value is -1.60. The number of hydrogen-bond acceptors (Lipinski definition) is 5. The van der Waals surface area contributed by atoms with Crippen LogP contribution in [0.4, 0.5) is 0 Å². The summed E-state index contributed by atoms with van der Waals surface area (Å²) in [5.41, 5.74) is 5.66. The number of benzene rings is 1. The molecule has 0 amide bonds. The normalized spacial score (nSPS) is 13.1. The van der Waals surface area contributed by atoms with Crippen molar-refractivity contribution in [3.8, 4) is 5.75 Å². The van der Waals surface area contributed by atoms with Gasteiger partial charge >= 0.3 is 5.97 Å². The Bertz CT molecular complexity index is 553. The van der Waals surface area contributed by atoms with Crippen LogP contribution in [0.5, 0.6) is 5.75 Å². The molecule has 3 N–H and O–H groups in total. The van der Waals surface area contributed by atoms with E-state index in [1.165, 1.54) is 25.3 Å². The second-order valence-electron chi connectivity index (χ2n) is 3.80. The summed E-state index contributed by atoms with van der Waals surface area (Å²) in [7, 11) is -2.02. The molecule has 0 aliphatic heterocycles. The molecule has 0 aromatic heterocycles. The largest absolute Gasteiger partial charge is 0.496 e. The van der Waals surface area contributed by atoms with Gasteiger partial charge in [-0.15, -0.1) is 0 Å². The highest BCUT2D eigenvalue weighted by molar-refractivity contribution is 7.90. The zero-order valence-corrected chi connectivity index (χ0v) is 10.9. The molecule has 0 bridgehead atoms. The predicted octanol–water partition coefficient (Wildman–Crippen LogP) is 0.226. The molecule has 18 heavy (non-hydrogen) atoms. The highest BCUT2D eigenvalue weighted by Gasteiger charge is 2.23. The minimum absolute atomic E-state index is 0.0398. The first-order valence-electron chi connectivity index (χ1n) is 5.12. The molecule has 0 aliphatic carbocycles. The van der Waals surface area contributed by atoms with Crippen LogP contribution in [0.3, 0.4) is 0 Å². The predicted molar refractivity (Wildman–Crippen MR) is 65.5 cm³/mol. The molecule has 1 rings (SSSR count). The molecule has 100 valence electrons. The third kappa shape index (κ3) is 2.99. The highest BCUT2D eigenvalue weighted by Crippen LogP contribution is 2.29. The Kier molecular flexibility index (Phi) is 4.31. The fourth-order valence-corrected chi connectivity index (χ4v) is 2.23. The van der Waals surface area contributed by atoms with Crippen molar-refractivity contribution in [3.63, 3.8) is 0 Å². The smallest absolute Gasteiger partial charge is 0.312 e. The van der Waals surface area contributed by atoms with Crippen molar-refractivity contribution < 1.29 is 23.1 Å². The number of methoxy groups -OCH3 is 1. The molecule has 1 unspecified atom stereocenters. The van der Waals surface area contributed by atoms with Gasteiger partial charge in [0.1, 0.15) is 5.75 Å². The Balaban J connectivity index is 3.43. The van der Waals surface area contributed by atoms with Crippen molar-refractivity contribution >= 4 is 15.8 Å². The number of carboxylic acids is 1. The molecule has 1 atom stereocenters. The van der Waals surface area contributed by atoms with E-state index >= 15 is 0 Å². The van der Waals surface area contributed by atoms with Gasteiger partial charge in [0.05, 0.1) is 17.9 Å². The van der Waals surface area contributed by atoms with Crippen molar-refractivity contribution in [1.29, 1.82) is 0 Å². The molecule has 6 nitrogen and oxygen atoms in total. The lowest BCUT2D eigenvalue weighted by Crippen LogP contribution is -2.22. The molecule has 0 spiro atoms. The van der Waals surface area contributed by atoms with Crippen LogP contribution in [0, 0.1) is 0 Å². The number of sulfone groups is 1. The van der Waals surface area contributed by atoms with Gasteiger partial charge in [-0.3, -0.25) is 4.79 Å². The van der Waals surface area contributed by atoms with Crippen LogP contribution in [0.1, 0.15) is 11.5 Å². The van der Waals surface area contributed by atoms with Crippen LogP contribution in [-0.4, -0.2) is 39.4 Å². The lowest BCUT2D eigenvalue weighted by atomic mass is 9.98. The van der Waals surface area contributed by atoms with E-state index < -0.39 is 21.7 Å². The Morgan fingerprint density at radius 1 is 1.50 bits per heavy atom. The number of nitrogens with two attached hydrogens (primary N) is 1. The van der Waals surface area contributed by atoms with E-state index in [1.807, 2.05) is 0 Å². The Morgan fingerprint density at radius 2 is 2.11 bits per heavy atom. The number of aliphatic carboxylic acids is 1. The number of hydrogen-bond donors (Lipinski definition) is 2. The quantitative estimate of drug-likeness (QED) is 0.795. The van der Waals surface area contributed by atoms with Gasteiger partial charge in [-0.25, -0.2) is 8.42 Å². The SMILES string of the molecule is COc1ccc(S(C)(=O)=O)cc1C(CN)C(=O)O. The molecule has 0 fully saturated rings. The maximum atomic E-state index is 11.4. The average Bonchev–Trinajstić information content (AvgIpc) is 2.28. The van der Waals surface area contributed by atoms with Crippen molar-refractivity contribution in [2.75, 3.05) is 19.9 Å². The van der Waals surface area contributed by atoms with Crippen LogP contribution in [0.25, 0.3) is 0 Å². The molecule has 0 radical (unpaired) electrons. The molecular weight excluding hydrogens is 258 g/mol. The van der Waals surface area contributed by atoms with Crippen LogP contribution >= 0.6 is 0 Å².